The van der Waals surface area contributed by atoms with Crippen molar-refractivity contribution in [2.75, 3.05) is 5.75 Å². The van der Waals surface area contributed by atoms with Crippen molar-refractivity contribution in [1.82, 2.24) is 19.5 Å². The van der Waals surface area contributed by atoms with E-state index in [1.807, 2.05) is 12.2 Å². The van der Waals surface area contributed by atoms with Crippen molar-refractivity contribution in [2.45, 2.75) is 0 Å². The Balaban J connectivity index is 2.21. The van der Waals surface area contributed by atoms with Crippen molar-refractivity contribution >= 4 is 18.7 Å². The number of imidazole rings is 1. The molecule has 2 aromatic rings. The molecule has 5 heteroatoms. The highest BCUT2D eigenvalue weighted by molar-refractivity contribution is 7.80. The van der Waals surface area contributed by atoms with E-state index < -0.39 is 0 Å². The topological polar surface area (TPSA) is 43.6 Å². The fourth-order valence-electron chi connectivity index (χ4n) is 1.12. The largest absolute Gasteiger partial charge is 0.274 e. The monoisotopic (exact) mass is 218 g/mol. The van der Waals surface area contributed by atoms with Gasteiger partial charge >= 0.3 is 0 Å². The van der Waals surface area contributed by atoms with Crippen molar-refractivity contribution in [2.24, 2.45) is 0 Å². The van der Waals surface area contributed by atoms with E-state index in [1.165, 1.54) is 0 Å². The van der Waals surface area contributed by atoms with Crippen LogP contribution in [0.5, 0.6) is 0 Å². The molecule has 0 radical (unpaired) electrons. The first-order valence-electron chi connectivity index (χ1n) is 4.48. The molecule has 2 aromatic heterocycles. The molecule has 0 atom stereocenters. The first-order chi connectivity index (χ1) is 7.40. The summed E-state index contributed by atoms with van der Waals surface area (Å²) in [5.74, 6) is 1.33. The van der Waals surface area contributed by atoms with Gasteiger partial charge in [0, 0.05) is 36.1 Å². The summed E-state index contributed by atoms with van der Waals surface area (Å²) in [6, 6.07) is 0. The Kier molecular flexibility index (Phi) is 3.14. The molecule has 0 bridgehead atoms. The summed E-state index contributed by atoms with van der Waals surface area (Å²) in [5.41, 5.74) is 0.966. The van der Waals surface area contributed by atoms with E-state index in [4.69, 9.17) is 0 Å². The summed E-state index contributed by atoms with van der Waals surface area (Å²) < 4.78 is 1.76. The molecule has 0 amide bonds. The van der Waals surface area contributed by atoms with Gasteiger partial charge < -0.3 is 0 Å². The van der Waals surface area contributed by atoms with Crippen LogP contribution in [-0.4, -0.2) is 25.3 Å². The second kappa shape index (κ2) is 4.75. The normalized spacial score (nSPS) is 11.0. The predicted octanol–water partition coefficient (Wildman–Crippen LogP) is 1.61. The maximum absolute atomic E-state index is 4.21. The molecule has 0 unspecified atom stereocenters. The first-order valence-corrected chi connectivity index (χ1v) is 5.11. The third-order valence-corrected chi connectivity index (χ3v) is 2.02. The Morgan fingerprint density at radius 3 is 2.73 bits per heavy atom. The van der Waals surface area contributed by atoms with Gasteiger partial charge in [0.15, 0.2) is 0 Å². The Bertz CT molecular complexity index is 433. The zero-order valence-electron chi connectivity index (χ0n) is 7.98. The van der Waals surface area contributed by atoms with E-state index in [1.54, 1.807) is 35.7 Å². The molecule has 76 valence electrons. The number of hydrogen-bond acceptors (Lipinski definition) is 4. The molecule has 0 saturated carbocycles. The number of rotatable bonds is 3. The maximum atomic E-state index is 4.21. The summed E-state index contributed by atoms with van der Waals surface area (Å²) in [6.07, 6.45) is 12.6. The van der Waals surface area contributed by atoms with Gasteiger partial charge in [0.2, 0.25) is 5.95 Å². The van der Waals surface area contributed by atoms with E-state index in [9.17, 15) is 0 Å². The fourth-order valence-corrected chi connectivity index (χ4v) is 1.22. The molecule has 0 fully saturated rings. The molecule has 0 spiro atoms. The molecule has 2 rings (SSSR count). The lowest BCUT2D eigenvalue weighted by Gasteiger charge is -1.98. The number of hydrogen-bond donors (Lipinski definition) is 1. The van der Waals surface area contributed by atoms with E-state index in [0.717, 1.165) is 5.56 Å². The second-order valence-corrected chi connectivity index (χ2v) is 3.24. The Morgan fingerprint density at radius 2 is 2.13 bits per heavy atom. The van der Waals surface area contributed by atoms with Gasteiger partial charge in [-0.05, 0) is 0 Å². The third kappa shape index (κ3) is 2.44. The SMILES string of the molecule is SCC=Cc1cnc(-n2ccnc2)nc1. The standard InChI is InChI=1S/C10H10N4S/c15-5-1-2-9-6-12-10(13-7-9)14-4-3-11-8-14/h1-4,6-8,15H,5H2. The summed E-state index contributed by atoms with van der Waals surface area (Å²) in [7, 11) is 0. The Morgan fingerprint density at radius 1 is 1.33 bits per heavy atom. The van der Waals surface area contributed by atoms with Crippen molar-refractivity contribution in [3.63, 3.8) is 0 Å². The molecule has 0 aliphatic rings. The Labute approximate surface area is 93.1 Å². The van der Waals surface area contributed by atoms with Crippen LogP contribution in [0.3, 0.4) is 0 Å². The molecule has 2 heterocycles. The zero-order chi connectivity index (χ0) is 10.5. The third-order valence-electron chi connectivity index (χ3n) is 1.81. The van der Waals surface area contributed by atoms with Gasteiger partial charge in [0.05, 0.1) is 0 Å². The summed E-state index contributed by atoms with van der Waals surface area (Å²) in [5, 5.41) is 0. The van der Waals surface area contributed by atoms with Gasteiger partial charge in [0.25, 0.3) is 0 Å². The lowest BCUT2D eigenvalue weighted by Crippen LogP contribution is -1.97. The molecule has 0 saturated heterocycles. The summed E-state index contributed by atoms with van der Waals surface area (Å²) in [6.45, 7) is 0. The first kappa shape index (κ1) is 9.92. The highest BCUT2D eigenvalue weighted by atomic mass is 32.1. The van der Waals surface area contributed by atoms with E-state index in [-0.39, 0.29) is 0 Å². The minimum Gasteiger partial charge on any atom is -0.274 e. The minimum absolute atomic E-state index is 0.621. The molecule has 0 aliphatic carbocycles. The molecule has 15 heavy (non-hydrogen) atoms. The predicted molar refractivity (Wildman–Crippen MR) is 62.0 cm³/mol. The molecular formula is C10H10N4S. The fraction of sp³-hybridized carbons (Fsp3) is 0.100. The molecule has 0 aliphatic heterocycles. The highest BCUT2D eigenvalue weighted by Gasteiger charge is 1.97. The zero-order valence-corrected chi connectivity index (χ0v) is 8.88. The van der Waals surface area contributed by atoms with Crippen LogP contribution in [0.15, 0.2) is 37.2 Å². The Hall–Kier alpha value is -1.62. The van der Waals surface area contributed by atoms with E-state index in [0.29, 0.717) is 11.7 Å². The van der Waals surface area contributed by atoms with Gasteiger partial charge in [-0.2, -0.15) is 12.6 Å². The average molecular weight is 218 g/mol. The maximum Gasteiger partial charge on any atom is 0.234 e. The van der Waals surface area contributed by atoms with Crippen LogP contribution in [0.1, 0.15) is 5.56 Å². The number of aromatic nitrogens is 4. The molecule has 4 nitrogen and oxygen atoms in total. The molecule has 0 aromatic carbocycles. The van der Waals surface area contributed by atoms with Crippen LogP contribution >= 0.6 is 12.6 Å². The second-order valence-electron chi connectivity index (χ2n) is 2.87. The summed E-state index contributed by atoms with van der Waals surface area (Å²) in [4.78, 5) is 12.3. The van der Waals surface area contributed by atoms with Crippen LogP contribution < -0.4 is 0 Å². The van der Waals surface area contributed by atoms with E-state index in [2.05, 4.69) is 27.6 Å². The number of thiol groups is 1. The van der Waals surface area contributed by atoms with Crippen LogP contribution in [0.2, 0.25) is 0 Å². The van der Waals surface area contributed by atoms with Crippen molar-refractivity contribution in [1.29, 1.82) is 0 Å². The van der Waals surface area contributed by atoms with Gasteiger partial charge in [-0.25, -0.2) is 15.0 Å². The van der Waals surface area contributed by atoms with Crippen molar-refractivity contribution < 1.29 is 0 Å². The molecular weight excluding hydrogens is 208 g/mol. The van der Waals surface area contributed by atoms with E-state index >= 15 is 0 Å². The van der Waals surface area contributed by atoms with Gasteiger partial charge in [0.1, 0.15) is 6.33 Å². The van der Waals surface area contributed by atoms with Crippen LogP contribution in [-0.2, 0) is 0 Å². The quantitative estimate of drug-likeness (QED) is 0.796. The average Bonchev–Trinajstić information content (AvgIpc) is 2.80. The molecule has 0 N–H and O–H groups in total. The lowest BCUT2D eigenvalue weighted by molar-refractivity contribution is 0.923. The van der Waals surface area contributed by atoms with Gasteiger partial charge in [-0.15, -0.1) is 0 Å². The highest BCUT2D eigenvalue weighted by Crippen LogP contribution is 2.02. The van der Waals surface area contributed by atoms with Gasteiger partial charge in [-0.1, -0.05) is 12.2 Å². The van der Waals surface area contributed by atoms with Crippen molar-refractivity contribution in [3.8, 4) is 5.95 Å². The van der Waals surface area contributed by atoms with Crippen LogP contribution in [0, 0.1) is 0 Å². The minimum atomic E-state index is 0.621. The van der Waals surface area contributed by atoms with Crippen LogP contribution in [0.25, 0.3) is 12.0 Å². The summed E-state index contributed by atoms with van der Waals surface area (Å²) >= 11 is 4.08. The smallest absolute Gasteiger partial charge is 0.234 e. The van der Waals surface area contributed by atoms with Crippen molar-refractivity contribution in [3.05, 3.63) is 42.8 Å². The van der Waals surface area contributed by atoms with Gasteiger partial charge in [-0.3, -0.25) is 4.57 Å². The lowest BCUT2D eigenvalue weighted by atomic mass is 10.3. The van der Waals surface area contributed by atoms with Crippen LogP contribution in [0.4, 0.5) is 0 Å². The number of nitrogens with zero attached hydrogens (tertiary/aromatic N) is 4.